The summed E-state index contributed by atoms with van der Waals surface area (Å²) in [5, 5.41) is 34.6. The quantitative estimate of drug-likeness (QED) is 0.276. The molecule has 0 aromatic heterocycles. The maximum absolute atomic E-state index is 10.3. The Bertz CT molecular complexity index is 821. The number of ether oxygens (including phenoxy) is 1. The number of carbonyl (C=O) groups is 3. The van der Waals surface area contributed by atoms with Gasteiger partial charge in [0.15, 0.2) is 5.60 Å². The van der Waals surface area contributed by atoms with E-state index in [1.807, 2.05) is 12.1 Å². The summed E-state index contributed by atoms with van der Waals surface area (Å²) >= 11 is 6.20. The van der Waals surface area contributed by atoms with Gasteiger partial charge in [-0.3, -0.25) is 9.59 Å². The number of likely N-dealkylation sites (N-methyl/N-ethyl adjacent to an activating group) is 1. The SMILES string of the molecule is CCN(CC)CCOc1ccc(Cl)cc1CCC1CCCCC1.O=C(O)CC(O)(CC(=O)O)C(=O)O. The Kier molecular flexibility index (Phi) is 14.4. The van der Waals surface area contributed by atoms with Crippen LogP contribution in [0.1, 0.15) is 70.8 Å². The molecule has 10 heteroatoms. The van der Waals surface area contributed by atoms with Crippen molar-refractivity contribution >= 4 is 29.5 Å². The van der Waals surface area contributed by atoms with Crippen LogP contribution in [0.2, 0.25) is 5.02 Å². The molecule has 0 aliphatic heterocycles. The number of halogens is 1. The van der Waals surface area contributed by atoms with Crippen molar-refractivity contribution in [3.8, 4) is 5.75 Å². The Morgan fingerprint density at radius 2 is 1.61 bits per heavy atom. The van der Waals surface area contributed by atoms with E-state index in [0.717, 1.165) is 49.4 Å². The molecule has 0 unspecified atom stereocenters. The van der Waals surface area contributed by atoms with Crippen molar-refractivity contribution in [3.05, 3.63) is 28.8 Å². The van der Waals surface area contributed by atoms with Gasteiger partial charge in [0, 0.05) is 11.6 Å². The van der Waals surface area contributed by atoms with Crippen LogP contribution in [0.5, 0.6) is 5.75 Å². The lowest BCUT2D eigenvalue weighted by Crippen LogP contribution is -2.42. The van der Waals surface area contributed by atoms with Crippen molar-refractivity contribution in [2.45, 2.75) is 77.2 Å². The fourth-order valence-electron chi connectivity index (χ4n) is 4.26. The van der Waals surface area contributed by atoms with Gasteiger partial charge in [-0.1, -0.05) is 57.6 Å². The Labute approximate surface area is 218 Å². The number of rotatable bonds is 14. The third-order valence-corrected chi connectivity index (χ3v) is 6.65. The van der Waals surface area contributed by atoms with Crippen LogP contribution in [0.15, 0.2) is 18.2 Å². The lowest BCUT2D eigenvalue weighted by molar-refractivity contribution is -0.170. The topological polar surface area (TPSA) is 145 Å². The molecule has 1 aliphatic rings. The summed E-state index contributed by atoms with van der Waals surface area (Å²) in [5.41, 5.74) is -1.46. The molecule has 1 aliphatic carbocycles. The number of benzene rings is 1. The van der Waals surface area contributed by atoms with E-state index in [4.69, 9.17) is 36.8 Å². The fraction of sp³-hybridized carbons (Fsp3) is 0.654. The zero-order valence-corrected chi connectivity index (χ0v) is 22.0. The third-order valence-electron chi connectivity index (χ3n) is 6.41. The van der Waals surface area contributed by atoms with Crippen molar-refractivity contribution in [2.75, 3.05) is 26.2 Å². The zero-order chi connectivity index (χ0) is 27.1. The van der Waals surface area contributed by atoms with Crippen molar-refractivity contribution in [3.63, 3.8) is 0 Å². The van der Waals surface area contributed by atoms with E-state index in [1.165, 1.54) is 44.1 Å². The predicted octanol–water partition coefficient (Wildman–Crippen LogP) is 4.33. The predicted molar refractivity (Wildman–Crippen MR) is 137 cm³/mol. The van der Waals surface area contributed by atoms with E-state index in [0.29, 0.717) is 0 Å². The number of hydrogen-bond donors (Lipinski definition) is 4. The number of aryl methyl sites for hydroxylation is 1. The number of aliphatic carboxylic acids is 3. The molecule has 0 radical (unpaired) electrons. The summed E-state index contributed by atoms with van der Waals surface area (Å²) in [6.07, 6.45) is 7.12. The summed E-state index contributed by atoms with van der Waals surface area (Å²) in [5.74, 6) is -3.10. The number of hydrogen-bond acceptors (Lipinski definition) is 6. The van der Waals surface area contributed by atoms with Gasteiger partial charge in [-0.05, 0) is 55.6 Å². The van der Waals surface area contributed by atoms with Crippen LogP contribution in [0.3, 0.4) is 0 Å². The summed E-state index contributed by atoms with van der Waals surface area (Å²) in [6, 6.07) is 6.08. The first kappa shape index (κ1) is 31.7. The standard InChI is InChI=1S/C20H32ClNO.C6H8O7/c1-3-22(4-2)14-15-23-20-13-12-19(21)16-18(20)11-10-17-8-6-5-7-9-17;7-3(8)1-6(13,5(11)12)2-4(9)10/h12-13,16-17H,3-11,14-15H2,1-2H3;13H,1-2H2,(H,7,8)(H,9,10)(H,11,12). The first-order valence-corrected chi connectivity index (χ1v) is 12.9. The molecular formula is C26H40ClNO8. The van der Waals surface area contributed by atoms with Gasteiger partial charge in [-0.15, -0.1) is 0 Å². The Morgan fingerprint density at radius 3 is 2.11 bits per heavy atom. The molecule has 0 amide bonds. The summed E-state index contributed by atoms with van der Waals surface area (Å²) < 4.78 is 6.07. The van der Waals surface area contributed by atoms with E-state index in [1.54, 1.807) is 0 Å². The van der Waals surface area contributed by atoms with Crippen LogP contribution < -0.4 is 4.74 Å². The number of carboxylic acids is 3. The first-order valence-electron chi connectivity index (χ1n) is 12.5. The second-order valence-corrected chi connectivity index (χ2v) is 9.58. The monoisotopic (exact) mass is 529 g/mol. The minimum Gasteiger partial charge on any atom is -0.492 e. The second-order valence-electron chi connectivity index (χ2n) is 9.15. The molecule has 2 rings (SSSR count). The van der Waals surface area contributed by atoms with Crippen LogP contribution in [0.25, 0.3) is 0 Å². The van der Waals surface area contributed by atoms with Gasteiger partial charge in [0.1, 0.15) is 12.4 Å². The molecule has 36 heavy (non-hydrogen) atoms. The minimum atomic E-state index is -2.74. The van der Waals surface area contributed by atoms with E-state index in [2.05, 4.69) is 24.8 Å². The summed E-state index contributed by atoms with van der Waals surface area (Å²) in [7, 11) is 0. The Balaban J connectivity index is 0.000000426. The maximum Gasteiger partial charge on any atom is 0.336 e. The highest BCUT2D eigenvalue weighted by atomic mass is 35.5. The zero-order valence-electron chi connectivity index (χ0n) is 21.2. The molecule has 1 saturated carbocycles. The smallest absolute Gasteiger partial charge is 0.336 e. The molecule has 0 saturated heterocycles. The molecule has 204 valence electrons. The van der Waals surface area contributed by atoms with Crippen LogP contribution in [0, 0.1) is 5.92 Å². The first-order chi connectivity index (χ1) is 17.0. The fourth-order valence-corrected chi connectivity index (χ4v) is 4.45. The lowest BCUT2D eigenvalue weighted by Gasteiger charge is -2.22. The van der Waals surface area contributed by atoms with Crippen molar-refractivity contribution in [2.24, 2.45) is 5.92 Å². The molecule has 1 aromatic carbocycles. The van der Waals surface area contributed by atoms with Crippen LogP contribution in [-0.4, -0.2) is 75.1 Å². The van der Waals surface area contributed by atoms with Crippen LogP contribution >= 0.6 is 11.6 Å². The Morgan fingerprint density at radius 1 is 1.03 bits per heavy atom. The highest BCUT2D eigenvalue weighted by molar-refractivity contribution is 6.30. The highest BCUT2D eigenvalue weighted by Gasteiger charge is 2.40. The lowest BCUT2D eigenvalue weighted by atomic mass is 9.85. The van der Waals surface area contributed by atoms with E-state index >= 15 is 0 Å². The number of aliphatic hydroxyl groups is 1. The number of nitrogens with zero attached hydrogens (tertiary/aromatic N) is 1. The normalized spacial score (nSPS) is 14.1. The van der Waals surface area contributed by atoms with Crippen molar-refractivity contribution in [1.29, 1.82) is 0 Å². The summed E-state index contributed by atoms with van der Waals surface area (Å²) in [4.78, 5) is 32.9. The average molecular weight is 530 g/mol. The van der Waals surface area contributed by atoms with E-state index in [9.17, 15) is 14.4 Å². The average Bonchev–Trinajstić information content (AvgIpc) is 2.81. The van der Waals surface area contributed by atoms with Crippen LogP contribution in [0.4, 0.5) is 0 Å². The van der Waals surface area contributed by atoms with Gasteiger partial charge < -0.3 is 30.1 Å². The Hall–Kier alpha value is -2.36. The molecular weight excluding hydrogens is 490 g/mol. The van der Waals surface area contributed by atoms with Crippen LogP contribution in [-0.2, 0) is 20.8 Å². The molecule has 0 heterocycles. The largest absolute Gasteiger partial charge is 0.492 e. The van der Waals surface area contributed by atoms with E-state index in [-0.39, 0.29) is 0 Å². The molecule has 4 N–H and O–H groups in total. The summed E-state index contributed by atoms with van der Waals surface area (Å²) in [6.45, 7) is 8.28. The van der Waals surface area contributed by atoms with Crippen molar-refractivity contribution in [1.82, 2.24) is 4.90 Å². The van der Waals surface area contributed by atoms with Gasteiger partial charge in [0.25, 0.3) is 0 Å². The molecule has 0 bridgehead atoms. The van der Waals surface area contributed by atoms with Gasteiger partial charge >= 0.3 is 17.9 Å². The highest BCUT2D eigenvalue weighted by Crippen LogP contribution is 2.30. The molecule has 1 aromatic rings. The molecule has 0 spiro atoms. The molecule has 1 fully saturated rings. The second kappa shape index (κ2) is 16.4. The van der Waals surface area contributed by atoms with Gasteiger partial charge in [-0.25, -0.2) is 4.79 Å². The third kappa shape index (κ3) is 12.1. The maximum atomic E-state index is 10.3. The number of carboxylic acid groups (broad SMARTS) is 3. The van der Waals surface area contributed by atoms with Gasteiger partial charge in [-0.2, -0.15) is 0 Å². The molecule has 0 atom stereocenters. The van der Waals surface area contributed by atoms with Gasteiger partial charge in [0.2, 0.25) is 0 Å². The van der Waals surface area contributed by atoms with Gasteiger partial charge in [0.05, 0.1) is 12.8 Å². The van der Waals surface area contributed by atoms with Crippen molar-refractivity contribution < 1.29 is 39.5 Å². The molecule has 9 nitrogen and oxygen atoms in total. The van der Waals surface area contributed by atoms with E-state index < -0.39 is 36.4 Å². The minimum absolute atomic E-state index is 0.750.